The fraction of sp³-hybridized carbons (Fsp3) is 0.400. The standard InChI is InChI=1S/C10H14ClNO/c1-8-4-5-10(13-8)9(2)12-7-3-6-11/h3-6,9,12H,7H2,1-2H3/b6-3+. The monoisotopic (exact) mass is 199 g/mol. The molecule has 0 amide bonds. The van der Waals surface area contributed by atoms with Crippen LogP contribution >= 0.6 is 11.6 Å². The highest BCUT2D eigenvalue weighted by molar-refractivity contribution is 6.25. The number of furan rings is 1. The molecule has 1 heterocycles. The van der Waals surface area contributed by atoms with E-state index in [4.69, 9.17) is 16.0 Å². The summed E-state index contributed by atoms with van der Waals surface area (Å²) >= 11 is 5.39. The summed E-state index contributed by atoms with van der Waals surface area (Å²) in [5.74, 6) is 1.90. The Bertz CT molecular complexity index is 280. The minimum Gasteiger partial charge on any atom is -0.465 e. The highest BCUT2D eigenvalue weighted by atomic mass is 35.5. The van der Waals surface area contributed by atoms with Crippen molar-refractivity contribution in [3.05, 3.63) is 35.3 Å². The zero-order chi connectivity index (χ0) is 9.68. The number of hydrogen-bond acceptors (Lipinski definition) is 2. The van der Waals surface area contributed by atoms with Crippen LogP contribution in [0, 0.1) is 6.92 Å². The average Bonchev–Trinajstić information content (AvgIpc) is 2.52. The second-order valence-electron chi connectivity index (χ2n) is 2.94. The maximum Gasteiger partial charge on any atom is 0.120 e. The van der Waals surface area contributed by atoms with Gasteiger partial charge in [0.1, 0.15) is 11.5 Å². The van der Waals surface area contributed by atoms with Crippen LogP contribution < -0.4 is 5.32 Å². The van der Waals surface area contributed by atoms with Crippen LogP contribution in [-0.2, 0) is 0 Å². The molecule has 13 heavy (non-hydrogen) atoms. The molecule has 1 N–H and O–H groups in total. The molecule has 0 aromatic carbocycles. The van der Waals surface area contributed by atoms with Gasteiger partial charge in [-0.3, -0.25) is 0 Å². The highest BCUT2D eigenvalue weighted by Gasteiger charge is 2.06. The molecule has 72 valence electrons. The zero-order valence-corrected chi connectivity index (χ0v) is 8.64. The Morgan fingerprint density at radius 3 is 2.92 bits per heavy atom. The summed E-state index contributed by atoms with van der Waals surface area (Å²) in [6, 6.07) is 4.17. The summed E-state index contributed by atoms with van der Waals surface area (Å²) in [6.45, 7) is 4.75. The Hall–Kier alpha value is -0.730. The number of hydrogen-bond donors (Lipinski definition) is 1. The first-order chi connectivity index (χ1) is 6.24. The second kappa shape index (κ2) is 5.10. The van der Waals surface area contributed by atoms with Gasteiger partial charge in [0.25, 0.3) is 0 Å². The van der Waals surface area contributed by atoms with Gasteiger partial charge >= 0.3 is 0 Å². The van der Waals surface area contributed by atoms with Crippen LogP contribution in [-0.4, -0.2) is 6.54 Å². The molecule has 0 aliphatic carbocycles. The number of aryl methyl sites for hydroxylation is 1. The zero-order valence-electron chi connectivity index (χ0n) is 7.88. The first-order valence-corrected chi connectivity index (χ1v) is 4.72. The van der Waals surface area contributed by atoms with Crippen LogP contribution in [0.25, 0.3) is 0 Å². The van der Waals surface area contributed by atoms with Crippen molar-refractivity contribution >= 4 is 11.6 Å². The van der Waals surface area contributed by atoms with E-state index in [1.165, 1.54) is 5.54 Å². The molecule has 0 saturated carbocycles. The van der Waals surface area contributed by atoms with Gasteiger partial charge in [-0.1, -0.05) is 17.7 Å². The van der Waals surface area contributed by atoms with E-state index in [0.717, 1.165) is 18.1 Å². The average molecular weight is 200 g/mol. The van der Waals surface area contributed by atoms with Gasteiger partial charge in [0.2, 0.25) is 0 Å². The molecular formula is C10H14ClNO. The SMILES string of the molecule is Cc1ccc(C(C)NC/C=C/Cl)o1. The largest absolute Gasteiger partial charge is 0.465 e. The molecule has 0 aliphatic heterocycles. The molecule has 0 bridgehead atoms. The fourth-order valence-corrected chi connectivity index (χ4v) is 1.17. The van der Waals surface area contributed by atoms with E-state index in [1.807, 2.05) is 25.1 Å². The van der Waals surface area contributed by atoms with Crippen molar-refractivity contribution in [1.29, 1.82) is 0 Å². The Labute approximate surface area is 83.6 Å². The molecule has 1 rings (SSSR count). The third-order valence-electron chi connectivity index (χ3n) is 1.82. The van der Waals surface area contributed by atoms with Crippen molar-refractivity contribution in [2.75, 3.05) is 6.54 Å². The van der Waals surface area contributed by atoms with E-state index in [2.05, 4.69) is 12.2 Å². The maximum absolute atomic E-state index is 5.46. The normalized spacial score (nSPS) is 13.8. The van der Waals surface area contributed by atoms with Crippen molar-refractivity contribution in [1.82, 2.24) is 5.32 Å². The summed E-state index contributed by atoms with van der Waals surface area (Å²) in [7, 11) is 0. The lowest BCUT2D eigenvalue weighted by atomic mass is 10.2. The molecule has 0 aliphatic rings. The minimum atomic E-state index is 0.224. The van der Waals surface area contributed by atoms with Crippen LogP contribution in [0.5, 0.6) is 0 Å². The third kappa shape index (κ3) is 3.25. The van der Waals surface area contributed by atoms with E-state index in [-0.39, 0.29) is 6.04 Å². The summed E-state index contributed by atoms with van der Waals surface area (Å²) in [6.07, 6.45) is 1.86. The third-order valence-corrected chi connectivity index (χ3v) is 2.00. The molecule has 0 radical (unpaired) electrons. The number of nitrogens with one attached hydrogen (secondary N) is 1. The van der Waals surface area contributed by atoms with Crippen molar-refractivity contribution in [2.24, 2.45) is 0 Å². The van der Waals surface area contributed by atoms with Crippen LogP contribution in [0.2, 0.25) is 0 Å². The molecule has 1 aromatic rings. The van der Waals surface area contributed by atoms with Crippen LogP contribution in [0.3, 0.4) is 0 Å². The molecule has 1 atom stereocenters. The van der Waals surface area contributed by atoms with Gasteiger partial charge in [0.15, 0.2) is 0 Å². The topological polar surface area (TPSA) is 25.2 Å². The lowest BCUT2D eigenvalue weighted by Crippen LogP contribution is -2.17. The van der Waals surface area contributed by atoms with E-state index < -0.39 is 0 Å². The molecule has 0 spiro atoms. The van der Waals surface area contributed by atoms with Gasteiger partial charge in [0, 0.05) is 12.1 Å². The predicted octanol–water partition coefficient (Wildman–Crippen LogP) is 2.99. The van der Waals surface area contributed by atoms with Gasteiger partial charge in [-0.05, 0) is 26.0 Å². The summed E-state index contributed by atoms with van der Waals surface area (Å²) in [4.78, 5) is 0. The fourth-order valence-electron chi connectivity index (χ4n) is 1.08. The molecular weight excluding hydrogens is 186 g/mol. The van der Waals surface area contributed by atoms with Crippen LogP contribution in [0.1, 0.15) is 24.5 Å². The van der Waals surface area contributed by atoms with Gasteiger partial charge in [-0.25, -0.2) is 0 Å². The minimum absolute atomic E-state index is 0.224. The first kappa shape index (κ1) is 10.4. The van der Waals surface area contributed by atoms with Gasteiger partial charge in [-0.2, -0.15) is 0 Å². The Morgan fingerprint density at radius 1 is 1.62 bits per heavy atom. The first-order valence-electron chi connectivity index (χ1n) is 4.29. The predicted molar refractivity (Wildman–Crippen MR) is 54.9 cm³/mol. The molecule has 3 heteroatoms. The van der Waals surface area contributed by atoms with Crippen molar-refractivity contribution < 1.29 is 4.42 Å². The molecule has 0 fully saturated rings. The maximum atomic E-state index is 5.46. The lowest BCUT2D eigenvalue weighted by Gasteiger charge is -2.08. The van der Waals surface area contributed by atoms with E-state index in [9.17, 15) is 0 Å². The van der Waals surface area contributed by atoms with E-state index in [1.54, 1.807) is 0 Å². The molecule has 1 aromatic heterocycles. The van der Waals surface area contributed by atoms with Crippen molar-refractivity contribution in [2.45, 2.75) is 19.9 Å². The van der Waals surface area contributed by atoms with Gasteiger partial charge in [-0.15, -0.1) is 0 Å². The number of halogens is 1. The smallest absolute Gasteiger partial charge is 0.120 e. The quantitative estimate of drug-likeness (QED) is 0.807. The van der Waals surface area contributed by atoms with E-state index in [0.29, 0.717) is 0 Å². The Balaban J connectivity index is 2.43. The van der Waals surface area contributed by atoms with Crippen LogP contribution in [0.15, 0.2) is 28.2 Å². The Morgan fingerprint density at radius 2 is 2.38 bits per heavy atom. The summed E-state index contributed by atoms with van der Waals surface area (Å²) < 4.78 is 5.46. The summed E-state index contributed by atoms with van der Waals surface area (Å²) in [5.41, 5.74) is 1.51. The second-order valence-corrected chi connectivity index (χ2v) is 3.19. The van der Waals surface area contributed by atoms with Crippen molar-refractivity contribution in [3.8, 4) is 0 Å². The number of rotatable bonds is 4. The van der Waals surface area contributed by atoms with Gasteiger partial charge in [0.05, 0.1) is 6.04 Å². The van der Waals surface area contributed by atoms with Crippen LogP contribution in [0.4, 0.5) is 0 Å². The molecule has 0 saturated heterocycles. The van der Waals surface area contributed by atoms with Crippen molar-refractivity contribution in [3.63, 3.8) is 0 Å². The summed E-state index contributed by atoms with van der Waals surface area (Å²) in [5, 5.41) is 3.25. The lowest BCUT2D eigenvalue weighted by molar-refractivity contribution is 0.425. The molecule has 2 nitrogen and oxygen atoms in total. The molecule has 1 unspecified atom stereocenters. The Kier molecular flexibility index (Phi) is 4.06. The van der Waals surface area contributed by atoms with E-state index >= 15 is 0 Å². The highest BCUT2D eigenvalue weighted by Crippen LogP contribution is 2.14. The van der Waals surface area contributed by atoms with Gasteiger partial charge < -0.3 is 9.73 Å².